The number of nitrogens with zero attached hydrogens (tertiary/aromatic N) is 4. The number of aryl methyl sites for hydroxylation is 1. The first-order chi connectivity index (χ1) is 12.7. The molecule has 0 spiro atoms. The van der Waals surface area contributed by atoms with Crippen molar-refractivity contribution in [2.45, 2.75) is 71.7 Å². The average Bonchev–Trinajstić information content (AvgIpc) is 3.03. The van der Waals surface area contributed by atoms with Crippen molar-refractivity contribution in [1.29, 1.82) is 0 Å². The smallest absolute Gasteiger partial charge is 0.407 e. The number of aromatic nitrogens is 3. The van der Waals surface area contributed by atoms with Crippen molar-refractivity contribution in [2.75, 3.05) is 13.6 Å². The van der Waals surface area contributed by atoms with Gasteiger partial charge in [0.1, 0.15) is 17.8 Å². The van der Waals surface area contributed by atoms with E-state index in [1.807, 2.05) is 25.5 Å². The summed E-state index contributed by atoms with van der Waals surface area (Å²) in [6.07, 6.45) is 3.06. The van der Waals surface area contributed by atoms with E-state index >= 15 is 0 Å². The number of nitrogens with one attached hydrogen (secondary N) is 3. The summed E-state index contributed by atoms with van der Waals surface area (Å²) >= 11 is 0. The number of alkyl carbamates (subject to hydrolysis) is 1. The van der Waals surface area contributed by atoms with E-state index in [9.17, 15) is 4.79 Å². The van der Waals surface area contributed by atoms with Crippen LogP contribution in [0.4, 0.5) is 4.79 Å². The van der Waals surface area contributed by atoms with Gasteiger partial charge in [-0.25, -0.2) is 14.5 Å². The number of carbonyl (C=O) groups excluding carboxylic acids is 1. The number of rotatable bonds is 5. The molecule has 0 saturated heterocycles. The molecule has 10 heteroatoms. The van der Waals surface area contributed by atoms with Crippen molar-refractivity contribution < 1.29 is 9.53 Å². The summed E-state index contributed by atoms with van der Waals surface area (Å²) in [6, 6.07) is 0.161. The number of fused-ring (bicyclic) bond motifs is 1. The fourth-order valence-electron chi connectivity index (χ4n) is 2.86. The molecular weight excluding hydrogens is 473 g/mol. The predicted octanol–water partition coefficient (Wildman–Crippen LogP) is 1.93. The van der Waals surface area contributed by atoms with Gasteiger partial charge in [-0.1, -0.05) is 13.8 Å². The van der Waals surface area contributed by atoms with Crippen molar-refractivity contribution in [3.05, 3.63) is 12.2 Å². The molecule has 2 atom stereocenters. The summed E-state index contributed by atoms with van der Waals surface area (Å²) < 4.78 is 7.29. The van der Waals surface area contributed by atoms with Gasteiger partial charge in [0.05, 0.1) is 12.6 Å². The standard InChI is InChI=1S/C18H33N7O2.HI/c1-12(2)14(24-17(26)27-18(3,4)5)9-20-16(19-6)23-13-7-8-15-21-11-22-25(15)10-13;/h11-14H,7-10H2,1-6H3,(H,24,26)(H2,19,20,23);1H. The van der Waals surface area contributed by atoms with Gasteiger partial charge in [-0.15, -0.1) is 24.0 Å². The molecule has 1 amide bonds. The van der Waals surface area contributed by atoms with Gasteiger partial charge in [0, 0.05) is 26.1 Å². The van der Waals surface area contributed by atoms with Gasteiger partial charge in [0.25, 0.3) is 0 Å². The first-order valence-corrected chi connectivity index (χ1v) is 9.51. The van der Waals surface area contributed by atoms with Crippen LogP contribution in [0.5, 0.6) is 0 Å². The van der Waals surface area contributed by atoms with Crippen LogP contribution in [0.2, 0.25) is 0 Å². The number of hydrogen-bond acceptors (Lipinski definition) is 5. The fourth-order valence-corrected chi connectivity index (χ4v) is 2.86. The maximum Gasteiger partial charge on any atom is 0.407 e. The molecule has 0 fully saturated rings. The number of carbonyl (C=O) groups is 1. The second kappa shape index (κ2) is 10.8. The molecule has 28 heavy (non-hydrogen) atoms. The summed E-state index contributed by atoms with van der Waals surface area (Å²) in [5, 5.41) is 13.9. The zero-order valence-corrected chi connectivity index (χ0v) is 20.0. The molecule has 1 aliphatic rings. The maximum atomic E-state index is 12.1. The van der Waals surface area contributed by atoms with Gasteiger partial charge in [0.15, 0.2) is 5.96 Å². The van der Waals surface area contributed by atoms with Crippen molar-refractivity contribution in [1.82, 2.24) is 30.7 Å². The van der Waals surface area contributed by atoms with E-state index < -0.39 is 11.7 Å². The highest BCUT2D eigenvalue weighted by Crippen LogP contribution is 2.11. The molecule has 160 valence electrons. The van der Waals surface area contributed by atoms with Gasteiger partial charge in [-0.2, -0.15) is 5.10 Å². The average molecular weight is 507 g/mol. The molecule has 2 rings (SSSR count). The summed E-state index contributed by atoms with van der Waals surface area (Å²) in [7, 11) is 1.74. The Morgan fingerprint density at radius 3 is 2.75 bits per heavy atom. The van der Waals surface area contributed by atoms with E-state index in [4.69, 9.17) is 4.74 Å². The normalized spacial score (nSPS) is 18.0. The SMILES string of the molecule is CN=C(NCC(NC(=O)OC(C)(C)C)C(C)C)NC1CCc2ncnn2C1.I. The summed E-state index contributed by atoms with van der Waals surface area (Å²) in [5.41, 5.74) is -0.516. The molecular formula is C18H34IN7O2. The minimum atomic E-state index is -0.516. The van der Waals surface area contributed by atoms with E-state index in [2.05, 4.69) is 44.9 Å². The number of amides is 1. The highest BCUT2D eigenvalue weighted by Gasteiger charge is 2.23. The molecule has 0 bridgehead atoms. The monoisotopic (exact) mass is 507 g/mol. The lowest BCUT2D eigenvalue weighted by Crippen LogP contribution is -2.52. The third-order valence-corrected chi connectivity index (χ3v) is 4.37. The summed E-state index contributed by atoms with van der Waals surface area (Å²) in [4.78, 5) is 20.6. The molecule has 0 aliphatic carbocycles. The minimum Gasteiger partial charge on any atom is -0.444 e. The molecule has 1 aromatic heterocycles. The highest BCUT2D eigenvalue weighted by molar-refractivity contribution is 14.0. The Morgan fingerprint density at radius 1 is 1.43 bits per heavy atom. The maximum absolute atomic E-state index is 12.1. The van der Waals surface area contributed by atoms with Gasteiger partial charge >= 0.3 is 6.09 Å². The van der Waals surface area contributed by atoms with Gasteiger partial charge < -0.3 is 20.7 Å². The Labute approximate surface area is 184 Å². The van der Waals surface area contributed by atoms with E-state index in [1.165, 1.54) is 0 Å². The van der Waals surface area contributed by atoms with Crippen LogP contribution in [-0.2, 0) is 17.7 Å². The number of halogens is 1. The fraction of sp³-hybridized carbons (Fsp3) is 0.778. The van der Waals surface area contributed by atoms with Crippen LogP contribution in [0.1, 0.15) is 46.9 Å². The van der Waals surface area contributed by atoms with E-state index in [1.54, 1.807) is 13.4 Å². The van der Waals surface area contributed by atoms with Crippen LogP contribution in [-0.4, -0.2) is 58.1 Å². The van der Waals surface area contributed by atoms with Crippen molar-refractivity contribution in [3.63, 3.8) is 0 Å². The van der Waals surface area contributed by atoms with Crippen molar-refractivity contribution in [2.24, 2.45) is 10.9 Å². The summed E-state index contributed by atoms with van der Waals surface area (Å²) in [5.74, 6) is 1.98. The zero-order valence-electron chi connectivity index (χ0n) is 17.7. The lowest BCUT2D eigenvalue weighted by molar-refractivity contribution is 0.0491. The molecule has 3 N–H and O–H groups in total. The minimum absolute atomic E-state index is 0. The molecule has 9 nitrogen and oxygen atoms in total. The number of aliphatic imine (C=N–C) groups is 1. The second-order valence-corrected chi connectivity index (χ2v) is 8.19. The molecule has 2 heterocycles. The predicted molar refractivity (Wildman–Crippen MR) is 120 cm³/mol. The van der Waals surface area contributed by atoms with Crippen LogP contribution in [0, 0.1) is 5.92 Å². The van der Waals surface area contributed by atoms with Crippen LogP contribution in [0.25, 0.3) is 0 Å². The number of ether oxygens (including phenoxy) is 1. The Balaban J connectivity index is 0.00000392. The van der Waals surface area contributed by atoms with Gasteiger partial charge in [0.2, 0.25) is 0 Å². The Morgan fingerprint density at radius 2 is 2.14 bits per heavy atom. The number of guanidine groups is 1. The lowest BCUT2D eigenvalue weighted by Gasteiger charge is -2.28. The molecule has 1 aromatic rings. The van der Waals surface area contributed by atoms with Crippen LogP contribution in [0.3, 0.4) is 0 Å². The van der Waals surface area contributed by atoms with Crippen molar-refractivity contribution in [3.8, 4) is 0 Å². The molecule has 0 saturated carbocycles. The summed E-state index contributed by atoms with van der Waals surface area (Å²) in [6.45, 7) is 11.0. The number of hydrogen-bond donors (Lipinski definition) is 3. The molecule has 0 radical (unpaired) electrons. The van der Waals surface area contributed by atoms with E-state index in [0.717, 1.165) is 25.2 Å². The Hall–Kier alpha value is -1.59. The first-order valence-electron chi connectivity index (χ1n) is 9.51. The zero-order chi connectivity index (χ0) is 20.0. The largest absolute Gasteiger partial charge is 0.444 e. The highest BCUT2D eigenvalue weighted by atomic mass is 127. The van der Waals surface area contributed by atoms with Crippen LogP contribution in [0.15, 0.2) is 11.3 Å². The van der Waals surface area contributed by atoms with Gasteiger partial charge in [-0.05, 0) is 33.1 Å². The van der Waals surface area contributed by atoms with Crippen LogP contribution >= 0.6 is 24.0 Å². The third kappa shape index (κ3) is 7.80. The van der Waals surface area contributed by atoms with E-state index in [0.29, 0.717) is 12.5 Å². The van der Waals surface area contributed by atoms with Gasteiger partial charge in [-0.3, -0.25) is 4.99 Å². The molecule has 0 aromatic carbocycles. The van der Waals surface area contributed by atoms with Crippen LogP contribution < -0.4 is 16.0 Å². The second-order valence-electron chi connectivity index (χ2n) is 8.19. The lowest BCUT2D eigenvalue weighted by atomic mass is 10.0. The Kier molecular flexibility index (Phi) is 9.45. The van der Waals surface area contributed by atoms with E-state index in [-0.39, 0.29) is 42.0 Å². The quantitative estimate of drug-likeness (QED) is 0.320. The molecule has 2 unspecified atom stereocenters. The van der Waals surface area contributed by atoms with Crippen molar-refractivity contribution >= 4 is 36.0 Å². The topological polar surface area (TPSA) is 105 Å². The Bertz CT molecular complexity index is 655. The third-order valence-electron chi connectivity index (χ3n) is 4.37. The molecule has 1 aliphatic heterocycles. The first kappa shape index (κ1) is 24.4.